The zero-order valence-electron chi connectivity index (χ0n) is 8.53. The molecule has 0 saturated heterocycles. The Morgan fingerprint density at radius 2 is 2.29 bits per heavy atom. The van der Waals surface area contributed by atoms with Crippen LogP contribution in [0.5, 0.6) is 0 Å². The van der Waals surface area contributed by atoms with Crippen LogP contribution in [0, 0.1) is 5.92 Å². The smallest absolute Gasteiger partial charge is 0.146 e. The van der Waals surface area contributed by atoms with E-state index in [1.807, 2.05) is 6.26 Å². The van der Waals surface area contributed by atoms with Gasteiger partial charge in [-0.25, -0.2) is 4.98 Å². The molecule has 0 aromatic carbocycles. The molecule has 1 N–H and O–H groups in total. The second-order valence-corrected chi connectivity index (χ2v) is 4.54. The molecule has 0 spiro atoms. The third-order valence-corrected chi connectivity index (χ3v) is 3.14. The maximum Gasteiger partial charge on any atom is 0.146 e. The van der Waals surface area contributed by atoms with Gasteiger partial charge in [0.05, 0.1) is 12.4 Å². The van der Waals surface area contributed by atoms with Crippen LogP contribution in [0.15, 0.2) is 17.4 Å². The lowest BCUT2D eigenvalue weighted by Gasteiger charge is -2.13. The number of nitrogens with zero attached hydrogens (tertiary/aromatic N) is 2. The summed E-state index contributed by atoms with van der Waals surface area (Å²) in [6.07, 6.45) is 8.29. The van der Waals surface area contributed by atoms with Crippen LogP contribution in [-0.2, 0) is 0 Å². The third kappa shape index (κ3) is 2.38. The van der Waals surface area contributed by atoms with Crippen LogP contribution in [0.3, 0.4) is 0 Å². The summed E-state index contributed by atoms with van der Waals surface area (Å²) in [5.41, 5.74) is 0. The van der Waals surface area contributed by atoms with Crippen molar-refractivity contribution in [1.82, 2.24) is 9.97 Å². The van der Waals surface area contributed by atoms with Gasteiger partial charge in [-0.1, -0.05) is 0 Å². The van der Waals surface area contributed by atoms with Crippen molar-refractivity contribution in [3.05, 3.63) is 12.4 Å². The lowest BCUT2D eigenvalue weighted by atomic mass is 10.2. The predicted molar refractivity (Wildman–Crippen MR) is 59.6 cm³/mol. The normalized spacial score (nSPS) is 17.9. The Balaban J connectivity index is 2.00. The van der Waals surface area contributed by atoms with Crippen molar-refractivity contribution in [2.45, 2.75) is 30.8 Å². The fraction of sp³-hybridized carbons (Fsp3) is 0.600. The molecular formula is C10H15N3S. The Hall–Kier alpha value is -0.770. The fourth-order valence-electron chi connectivity index (χ4n) is 1.46. The van der Waals surface area contributed by atoms with Crippen LogP contribution in [0.4, 0.5) is 5.82 Å². The van der Waals surface area contributed by atoms with E-state index in [2.05, 4.69) is 22.2 Å². The highest BCUT2D eigenvalue weighted by molar-refractivity contribution is 7.98. The van der Waals surface area contributed by atoms with Crippen molar-refractivity contribution >= 4 is 17.6 Å². The highest BCUT2D eigenvalue weighted by atomic mass is 32.2. The Morgan fingerprint density at radius 1 is 1.50 bits per heavy atom. The van der Waals surface area contributed by atoms with Crippen LogP contribution in [0.2, 0.25) is 0 Å². The SMILES string of the molecule is CSc1cncc(NC(C)C2CC2)n1. The molecule has 1 aromatic heterocycles. The number of thioether (sulfide) groups is 1. The summed E-state index contributed by atoms with van der Waals surface area (Å²) >= 11 is 1.62. The molecule has 0 amide bonds. The van der Waals surface area contributed by atoms with Crippen molar-refractivity contribution in [1.29, 1.82) is 0 Å². The number of hydrogen-bond donors (Lipinski definition) is 1. The zero-order valence-corrected chi connectivity index (χ0v) is 9.34. The maximum absolute atomic E-state index is 4.43. The molecule has 4 heteroatoms. The first kappa shape index (κ1) is 9.77. The lowest BCUT2D eigenvalue weighted by molar-refractivity contribution is 0.688. The summed E-state index contributed by atoms with van der Waals surface area (Å²) in [4.78, 5) is 8.57. The first-order chi connectivity index (χ1) is 6.79. The Morgan fingerprint density at radius 3 is 2.93 bits per heavy atom. The van der Waals surface area contributed by atoms with Gasteiger partial charge < -0.3 is 5.32 Å². The average molecular weight is 209 g/mol. The van der Waals surface area contributed by atoms with Gasteiger partial charge >= 0.3 is 0 Å². The molecule has 1 unspecified atom stereocenters. The summed E-state index contributed by atoms with van der Waals surface area (Å²) in [6.45, 7) is 2.21. The molecule has 76 valence electrons. The molecule has 2 rings (SSSR count). The van der Waals surface area contributed by atoms with Gasteiger partial charge in [-0.15, -0.1) is 11.8 Å². The van der Waals surface area contributed by atoms with E-state index in [4.69, 9.17) is 0 Å². The van der Waals surface area contributed by atoms with Gasteiger partial charge in [-0.2, -0.15) is 0 Å². The van der Waals surface area contributed by atoms with E-state index >= 15 is 0 Å². The van der Waals surface area contributed by atoms with Crippen molar-refractivity contribution in [3.63, 3.8) is 0 Å². The van der Waals surface area contributed by atoms with Crippen LogP contribution in [-0.4, -0.2) is 22.3 Å². The molecular weight excluding hydrogens is 194 g/mol. The molecule has 1 aliphatic carbocycles. The zero-order chi connectivity index (χ0) is 9.97. The first-order valence-electron chi connectivity index (χ1n) is 4.92. The van der Waals surface area contributed by atoms with Crippen molar-refractivity contribution in [2.24, 2.45) is 5.92 Å². The van der Waals surface area contributed by atoms with Gasteiger partial charge in [-0.05, 0) is 31.9 Å². The number of hydrogen-bond acceptors (Lipinski definition) is 4. The van der Waals surface area contributed by atoms with Gasteiger partial charge in [0.2, 0.25) is 0 Å². The quantitative estimate of drug-likeness (QED) is 0.773. The van der Waals surface area contributed by atoms with Gasteiger partial charge in [0.15, 0.2) is 0 Å². The number of anilines is 1. The van der Waals surface area contributed by atoms with Crippen molar-refractivity contribution in [2.75, 3.05) is 11.6 Å². The maximum atomic E-state index is 4.43. The lowest BCUT2D eigenvalue weighted by Crippen LogP contribution is -2.18. The first-order valence-corrected chi connectivity index (χ1v) is 6.14. The van der Waals surface area contributed by atoms with E-state index in [0.717, 1.165) is 16.8 Å². The van der Waals surface area contributed by atoms with E-state index in [1.54, 1.807) is 24.2 Å². The third-order valence-electron chi connectivity index (χ3n) is 2.53. The average Bonchev–Trinajstić information content (AvgIpc) is 3.01. The standard InChI is InChI=1S/C10H15N3S/c1-7(8-3-4-8)12-9-5-11-6-10(13-9)14-2/h5-8H,3-4H2,1-2H3,(H,12,13). The van der Waals surface area contributed by atoms with E-state index in [9.17, 15) is 0 Å². The van der Waals surface area contributed by atoms with Gasteiger partial charge in [-0.3, -0.25) is 4.98 Å². The monoisotopic (exact) mass is 209 g/mol. The van der Waals surface area contributed by atoms with Crippen LogP contribution >= 0.6 is 11.8 Å². The fourth-order valence-corrected chi connectivity index (χ4v) is 1.82. The van der Waals surface area contributed by atoms with Crippen molar-refractivity contribution in [3.8, 4) is 0 Å². The molecule has 1 aliphatic rings. The predicted octanol–water partition coefficient (Wildman–Crippen LogP) is 2.41. The number of rotatable bonds is 4. The molecule has 3 nitrogen and oxygen atoms in total. The second kappa shape index (κ2) is 4.17. The molecule has 1 aromatic rings. The van der Waals surface area contributed by atoms with Crippen molar-refractivity contribution < 1.29 is 0 Å². The summed E-state index contributed by atoms with van der Waals surface area (Å²) in [5.74, 6) is 1.74. The Kier molecular flexibility index (Phi) is 2.91. The van der Waals surface area contributed by atoms with Crippen LogP contribution < -0.4 is 5.32 Å². The molecule has 0 bridgehead atoms. The summed E-state index contributed by atoms with van der Waals surface area (Å²) in [7, 11) is 0. The summed E-state index contributed by atoms with van der Waals surface area (Å²) < 4.78 is 0. The molecule has 1 atom stereocenters. The minimum atomic E-state index is 0.529. The molecule has 14 heavy (non-hydrogen) atoms. The molecule has 1 heterocycles. The second-order valence-electron chi connectivity index (χ2n) is 3.72. The highest BCUT2D eigenvalue weighted by Crippen LogP contribution is 2.33. The minimum Gasteiger partial charge on any atom is -0.366 e. The largest absolute Gasteiger partial charge is 0.366 e. The van der Waals surface area contributed by atoms with Gasteiger partial charge in [0.25, 0.3) is 0 Å². The van der Waals surface area contributed by atoms with E-state index in [1.165, 1.54) is 12.8 Å². The highest BCUT2D eigenvalue weighted by Gasteiger charge is 2.27. The summed E-state index contributed by atoms with van der Waals surface area (Å²) in [5, 5.41) is 4.36. The van der Waals surface area contributed by atoms with E-state index in [-0.39, 0.29) is 0 Å². The molecule has 1 fully saturated rings. The van der Waals surface area contributed by atoms with Crippen LogP contribution in [0.1, 0.15) is 19.8 Å². The summed E-state index contributed by atoms with van der Waals surface area (Å²) in [6, 6.07) is 0.529. The van der Waals surface area contributed by atoms with E-state index < -0.39 is 0 Å². The topological polar surface area (TPSA) is 37.8 Å². The minimum absolute atomic E-state index is 0.529. The number of aromatic nitrogens is 2. The van der Waals surface area contributed by atoms with E-state index in [0.29, 0.717) is 6.04 Å². The Bertz CT molecular complexity index is 312. The molecule has 0 radical (unpaired) electrons. The Labute approximate surface area is 88.7 Å². The van der Waals surface area contributed by atoms with Crippen LogP contribution in [0.25, 0.3) is 0 Å². The number of nitrogens with one attached hydrogen (secondary N) is 1. The molecule has 1 saturated carbocycles. The van der Waals surface area contributed by atoms with Gasteiger partial charge in [0, 0.05) is 6.04 Å². The van der Waals surface area contributed by atoms with Gasteiger partial charge in [0.1, 0.15) is 10.8 Å². The molecule has 0 aliphatic heterocycles.